The van der Waals surface area contributed by atoms with Gasteiger partial charge in [0, 0.05) is 23.7 Å². The summed E-state index contributed by atoms with van der Waals surface area (Å²) in [6.45, 7) is 3.68. The Labute approximate surface area is 176 Å². The number of aryl methyl sites for hydroxylation is 1. The van der Waals surface area contributed by atoms with E-state index in [0.29, 0.717) is 17.5 Å². The van der Waals surface area contributed by atoms with Gasteiger partial charge in [0.05, 0.1) is 25.5 Å². The molecule has 0 aliphatic carbocycles. The first-order valence-corrected chi connectivity index (χ1v) is 10.1. The summed E-state index contributed by atoms with van der Waals surface area (Å²) < 4.78 is 16.3. The minimum absolute atomic E-state index is 0.306. The van der Waals surface area contributed by atoms with E-state index < -0.39 is 0 Å². The number of esters is 1. The van der Waals surface area contributed by atoms with Crippen molar-refractivity contribution in [1.82, 2.24) is 9.88 Å². The van der Waals surface area contributed by atoms with Crippen molar-refractivity contribution in [3.05, 3.63) is 71.1 Å². The van der Waals surface area contributed by atoms with Crippen molar-refractivity contribution in [2.24, 2.45) is 0 Å². The zero-order valence-corrected chi connectivity index (χ0v) is 17.6. The molecule has 0 amide bonds. The molecule has 0 bridgehead atoms. The number of methoxy groups -OCH3 is 2. The summed E-state index contributed by atoms with van der Waals surface area (Å²) in [5.74, 6) is 1.94. The molecule has 6 heteroatoms. The lowest BCUT2D eigenvalue weighted by atomic mass is 10.0. The fourth-order valence-electron chi connectivity index (χ4n) is 4.07. The first-order valence-electron chi connectivity index (χ1n) is 10.1. The van der Waals surface area contributed by atoms with Crippen molar-refractivity contribution in [2.75, 3.05) is 20.8 Å². The number of oxazole rings is 1. The second-order valence-electron chi connectivity index (χ2n) is 7.46. The molecule has 1 aromatic heterocycles. The second-order valence-corrected chi connectivity index (χ2v) is 7.46. The van der Waals surface area contributed by atoms with Crippen molar-refractivity contribution in [1.29, 1.82) is 0 Å². The van der Waals surface area contributed by atoms with Crippen LogP contribution in [0.15, 0.2) is 52.9 Å². The lowest BCUT2D eigenvalue weighted by Crippen LogP contribution is -2.23. The van der Waals surface area contributed by atoms with Crippen molar-refractivity contribution in [2.45, 2.75) is 32.4 Å². The Morgan fingerprint density at radius 1 is 1.17 bits per heavy atom. The fraction of sp³-hybridized carbons (Fsp3) is 0.333. The molecule has 1 aliphatic rings. The van der Waals surface area contributed by atoms with Crippen LogP contribution in [0.25, 0.3) is 11.5 Å². The Hall–Kier alpha value is -3.12. The molecular weight excluding hydrogens is 380 g/mol. The molecule has 1 saturated heterocycles. The summed E-state index contributed by atoms with van der Waals surface area (Å²) >= 11 is 0. The molecule has 2 aromatic carbocycles. The molecule has 0 spiro atoms. The van der Waals surface area contributed by atoms with Gasteiger partial charge < -0.3 is 13.9 Å². The zero-order chi connectivity index (χ0) is 21.1. The Balaban J connectivity index is 1.54. The van der Waals surface area contributed by atoms with Gasteiger partial charge in [-0.1, -0.05) is 18.2 Å². The van der Waals surface area contributed by atoms with Crippen molar-refractivity contribution in [3.8, 4) is 17.2 Å². The topological polar surface area (TPSA) is 64.8 Å². The van der Waals surface area contributed by atoms with Gasteiger partial charge in [0.2, 0.25) is 5.89 Å². The molecule has 6 nitrogen and oxygen atoms in total. The number of nitrogens with zero attached hydrogens (tertiary/aromatic N) is 2. The van der Waals surface area contributed by atoms with E-state index >= 15 is 0 Å². The number of para-hydroxylation sites is 1. The average Bonchev–Trinajstić information content (AvgIpc) is 3.40. The zero-order valence-electron chi connectivity index (χ0n) is 17.6. The van der Waals surface area contributed by atoms with Crippen LogP contribution in [-0.2, 0) is 11.3 Å². The summed E-state index contributed by atoms with van der Waals surface area (Å²) in [5, 5.41) is 0. The molecule has 1 aliphatic heterocycles. The van der Waals surface area contributed by atoms with Gasteiger partial charge >= 0.3 is 5.97 Å². The molecule has 1 atom stereocenters. The minimum atomic E-state index is -0.359. The van der Waals surface area contributed by atoms with Gasteiger partial charge in [-0.15, -0.1) is 0 Å². The maximum absolute atomic E-state index is 11.6. The average molecular weight is 406 g/mol. The van der Waals surface area contributed by atoms with E-state index in [4.69, 9.17) is 18.9 Å². The lowest BCUT2D eigenvalue weighted by Gasteiger charge is -2.25. The maximum Gasteiger partial charge on any atom is 0.337 e. The number of benzene rings is 2. The molecule has 0 N–H and O–H groups in total. The third-order valence-corrected chi connectivity index (χ3v) is 5.66. The van der Waals surface area contributed by atoms with Crippen LogP contribution in [0.4, 0.5) is 0 Å². The van der Waals surface area contributed by atoms with E-state index in [-0.39, 0.29) is 5.97 Å². The Morgan fingerprint density at radius 2 is 1.93 bits per heavy atom. The van der Waals surface area contributed by atoms with Crippen LogP contribution in [0.3, 0.4) is 0 Å². The molecule has 2 heterocycles. The number of carbonyl (C=O) groups is 1. The largest absolute Gasteiger partial charge is 0.496 e. The van der Waals surface area contributed by atoms with E-state index in [1.54, 1.807) is 19.2 Å². The summed E-state index contributed by atoms with van der Waals surface area (Å²) in [7, 11) is 3.09. The van der Waals surface area contributed by atoms with Crippen LogP contribution in [0, 0.1) is 6.92 Å². The molecule has 0 unspecified atom stereocenters. The van der Waals surface area contributed by atoms with E-state index in [1.165, 1.54) is 12.7 Å². The van der Waals surface area contributed by atoms with Crippen LogP contribution in [0.5, 0.6) is 5.75 Å². The summed E-state index contributed by atoms with van der Waals surface area (Å²) in [6.07, 6.45) is 2.24. The maximum atomic E-state index is 11.6. The number of likely N-dealkylation sites (tertiary alicyclic amines) is 1. The number of carbonyl (C=O) groups excluding carboxylic acids is 1. The van der Waals surface area contributed by atoms with Crippen molar-refractivity contribution >= 4 is 5.97 Å². The first kappa shape index (κ1) is 20.2. The third kappa shape index (κ3) is 3.96. The highest BCUT2D eigenvalue weighted by Crippen LogP contribution is 2.38. The van der Waals surface area contributed by atoms with Gasteiger partial charge in [-0.05, 0) is 56.6 Å². The Morgan fingerprint density at radius 3 is 2.67 bits per heavy atom. The van der Waals surface area contributed by atoms with Crippen molar-refractivity contribution in [3.63, 3.8) is 0 Å². The van der Waals surface area contributed by atoms with Gasteiger partial charge in [0.1, 0.15) is 11.5 Å². The van der Waals surface area contributed by atoms with Crippen molar-refractivity contribution < 1.29 is 18.7 Å². The molecule has 3 aromatic rings. The minimum Gasteiger partial charge on any atom is -0.496 e. The second kappa shape index (κ2) is 8.71. The predicted molar refractivity (Wildman–Crippen MR) is 113 cm³/mol. The van der Waals surface area contributed by atoms with Crippen LogP contribution in [0.1, 0.15) is 46.3 Å². The van der Waals surface area contributed by atoms with Gasteiger partial charge in [-0.25, -0.2) is 9.78 Å². The molecule has 0 saturated carbocycles. The molecular formula is C24H26N2O4. The van der Waals surface area contributed by atoms with Gasteiger partial charge in [0.25, 0.3) is 0 Å². The van der Waals surface area contributed by atoms with Crippen LogP contribution >= 0.6 is 0 Å². The van der Waals surface area contributed by atoms with E-state index in [0.717, 1.165) is 48.7 Å². The molecule has 1 fully saturated rings. The van der Waals surface area contributed by atoms with Gasteiger partial charge in [-0.2, -0.15) is 0 Å². The number of ether oxygens (including phenoxy) is 2. The van der Waals surface area contributed by atoms with Gasteiger partial charge in [0.15, 0.2) is 0 Å². The molecule has 0 radical (unpaired) electrons. The fourth-order valence-corrected chi connectivity index (χ4v) is 4.07. The van der Waals surface area contributed by atoms with E-state index in [1.807, 2.05) is 31.2 Å². The highest BCUT2D eigenvalue weighted by molar-refractivity contribution is 5.89. The predicted octanol–water partition coefficient (Wildman–Crippen LogP) is 4.78. The van der Waals surface area contributed by atoms with Crippen LogP contribution < -0.4 is 4.74 Å². The lowest BCUT2D eigenvalue weighted by molar-refractivity contribution is 0.0600. The third-order valence-electron chi connectivity index (χ3n) is 5.66. The summed E-state index contributed by atoms with van der Waals surface area (Å²) in [6, 6.07) is 15.6. The molecule has 4 rings (SSSR count). The SMILES string of the molecule is COC(=O)c1ccc(-c2nc(CN3CCC[C@@H]3c3ccccc3OC)c(C)o2)cc1. The standard InChI is InChI=1S/C24H26N2O4/c1-16-20(25-23(30-16)17-10-12-18(13-11-17)24(27)29-3)15-26-14-6-8-21(26)19-7-4-5-9-22(19)28-2/h4-5,7,9-13,21H,6,8,14-15H2,1-3H3/t21-/m1/s1. The van der Waals surface area contributed by atoms with Crippen LogP contribution in [0.2, 0.25) is 0 Å². The normalized spacial score (nSPS) is 16.6. The van der Waals surface area contributed by atoms with Gasteiger partial charge in [-0.3, -0.25) is 4.90 Å². The number of aromatic nitrogens is 1. The number of hydrogen-bond donors (Lipinski definition) is 0. The highest BCUT2D eigenvalue weighted by Gasteiger charge is 2.29. The number of hydrogen-bond acceptors (Lipinski definition) is 6. The van der Waals surface area contributed by atoms with Crippen LogP contribution in [-0.4, -0.2) is 36.6 Å². The molecule has 30 heavy (non-hydrogen) atoms. The van der Waals surface area contributed by atoms with E-state index in [2.05, 4.69) is 17.0 Å². The summed E-state index contributed by atoms with van der Waals surface area (Å²) in [5.41, 5.74) is 3.49. The molecule has 156 valence electrons. The number of rotatable bonds is 6. The first-order chi connectivity index (χ1) is 14.6. The highest BCUT2D eigenvalue weighted by atomic mass is 16.5. The Kier molecular flexibility index (Phi) is 5.86. The quantitative estimate of drug-likeness (QED) is 0.549. The monoisotopic (exact) mass is 406 g/mol. The summed E-state index contributed by atoms with van der Waals surface area (Å²) in [4.78, 5) is 18.8. The smallest absolute Gasteiger partial charge is 0.337 e. The Bertz CT molecular complexity index is 1030. The van der Waals surface area contributed by atoms with E-state index in [9.17, 15) is 4.79 Å².